The molecule has 1 aliphatic carbocycles. The molecule has 3 heterocycles. The third-order valence-electron chi connectivity index (χ3n) is 5.95. The van der Waals surface area contributed by atoms with Crippen LogP contribution in [0, 0.1) is 13.8 Å². The van der Waals surface area contributed by atoms with Crippen LogP contribution >= 0.6 is 0 Å². The second-order valence-corrected chi connectivity index (χ2v) is 7.85. The van der Waals surface area contributed by atoms with Crippen molar-refractivity contribution in [3.63, 3.8) is 0 Å². The molecule has 1 amide bonds. The Bertz CT molecular complexity index is 812. The zero-order valence-electron chi connectivity index (χ0n) is 16.5. The molecule has 1 saturated heterocycles. The van der Waals surface area contributed by atoms with Crippen LogP contribution in [0.3, 0.4) is 0 Å². The van der Waals surface area contributed by atoms with E-state index in [-0.39, 0.29) is 5.91 Å². The van der Waals surface area contributed by atoms with E-state index in [1.54, 1.807) is 7.11 Å². The Kier molecular flexibility index (Phi) is 5.04. The summed E-state index contributed by atoms with van der Waals surface area (Å²) in [6.07, 6.45) is 4.31. The molecule has 2 fully saturated rings. The first-order chi connectivity index (χ1) is 13.1. The summed E-state index contributed by atoms with van der Waals surface area (Å²) in [4.78, 5) is 19.7. The first kappa shape index (κ1) is 18.2. The highest BCUT2D eigenvalue weighted by Crippen LogP contribution is 2.38. The monoisotopic (exact) mass is 371 g/mol. The van der Waals surface area contributed by atoms with E-state index in [1.807, 2.05) is 24.8 Å². The number of carbonyl (C=O) groups is 1. The molecule has 2 aromatic rings. The Hall–Kier alpha value is -2.15. The fourth-order valence-corrected chi connectivity index (χ4v) is 4.07. The minimum Gasteiger partial charge on any atom is -0.383 e. The highest BCUT2D eigenvalue weighted by Gasteiger charge is 2.31. The number of aromatic nitrogens is 4. The van der Waals surface area contributed by atoms with Crippen LogP contribution in [0.1, 0.15) is 70.9 Å². The van der Waals surface area contributed by atoms with Crippen molar-refractivity contribution in [2.24, 2.45) is 0 Å². The van der Waals surface area contributed by atoms with Crippen LogP contribution in [-0.2, 0) is 11.3 Å². The highest BCUT2D eigenvalue weighted by atomic mass is 16.5. The number of piperidine rings is 1. The number of hydrogen-bond donors (Lipinski definition) is 1. The van der Waals surface area contributed by atoms with Gasteiger partial charge in [0.25, 0.3) is 5.91 Å². The maximum absolute atomic E-state index is 13.1. The SMILES string of the molecule is COCCn1c(C)cc(C(=O)N2CCC(c3nc(C4CC4)n[nH]3)CC2)c1C. The molecule has 27 heavy (non-hydrogen) atoms. The maximum Gasteiger partial charge on any atom is 0.255 e. The molecule has 1 aliphatic heterocycles. The lowest BCUT2D eigenvalue weighted by molar-refractivity contribution is 0.0710. The van der Waals surface area contributed by atoms with Gasteiger partial charge >= 0.3 is 0 Å². The van der Waals surface area contributed by atoms with Crippen molar-refractivity contribution in [3.05, 3.63) is 34.7 Å². The van der Waals surface area contributed by atoms with E-state index in [9.17, 15) is 4.79 Å². The summed E-state index contributed by atoms with van der Waals surface area (Å²) in [6.45, 7) is 7.03. The number of aromatic amines is 1. The maximum atomic E-state index is 13.1. The Labute approximate surface area is 160 Å². The summed E-state index contributed by atoms with van der Waals surface area (Å²) in [6, 6.07) is 2.01. The normalized spacial score (nSPS) is 18.3. The predicted octanol–water partition coefficient (Wildman–Crippen LogP) is 2.77. The quantitative estimate of drug-likeness (QED) is 0.847. The molecule has 1 N–H and O–H groups in total. The molecule has 7 nitrogen and oxygen atoms in total. The molecular formula is C20H29N5O2. The van der Waals surface area contributed by atoms with E-state index in [2.05, 4.69) is 14.8 Å². The Morgan fingerprint density at radius 2 is 1.96 bits per heavy atom. The van der Waals surface area contributed by atoms with Crippen LogP contribution in [-0.4, -0.2) is 57.4 Å². The molecule has 4 rings (SSSR count). The minimum atomic E-state index is 0.140. The Morgan fingerprint density at radius 3 is 2.63 bits per heavy atom. The molecule has 2 aliphatic rings. The zero-order valence-corrected chi connectivity index (χ0v) is 16.5. The lowest BCUT2D eigenvalue weighted by atomic mass is 9.95. The van der Waals surface area contributed by atoms with Crippen LogP contribution in [0.2, 0.25) is 0 Å². The third-order valence-corrected chi connectivity index (χ3v) is 5.95. The Balaban J connectivity index is 1.39. The van der Waals surface area contributed by atoms with Gasteiger partial charge in [0, 0.05) is 50.0 Å². The fraction of sp³-hybridized carbons (Fsp3) is 0.650. The number of H-pyrrole nitrogens is 1. The van der Waals surface area contributed by atoms with Gasteiger partial charge in [-0.25, -0.2) is 4.98 Å². The molecule has 1 saturated carbocycles. The van der Waals surface area contributed by atoms with Crippen LogP contribution < -0.4 is 0 Å². The van der Waals surface area contributed by atoms with Gasteiger partial charge in [0.15, 0.2) is 5.82 Å². The number of methoxy groups -OCH3 is 1. The zero-order chi connectivity index (χ0) is 19.0. The van der Waals surface area contributed by atoms with E-state index in [0.717, 1.165) is 61.1 Å². The summed E-state index contributed by atoms with van der Waals surface area (Å²) >= 11 is 0. The van der Waals surface area contributed by atoms with Gasteiger partial charge in [-0.15, -0.1) is 0 Å². The molecule has 0 atom stereocenters. The van der Waals surface area contributed by atoms with Crippen LogP contribution in [0.5, 0.6) is 0 Å². The number of aryl methyl sites for hydroxylation is 1. The smallest absolute Gasteiger partial charge is 0.255 e. The van der Waals surface area contributed by atoms with Crippen LogP contribution in [0.15, 0.2) is 6.07 Å². The van der Waals surface area contributed by atoms with E-state index >= 15 is 0 Å². The van der Waals surface area contributed by atoms with Gasteiger partial charge < -0.3 is 14.2 Å². The lowest BCUT2D eigenvalue weighted by Crippen LogP contribution is -2.38. The highest BCUT2D eigenvalue weighted by molar-refractivity contribution is 5.95. The molecular weight excluding hydrogens is 342 g/mol. The van der Waals surface area contributed by atoms with Crippen molar-refractivity contribution in [3.8, 4) is 0 Å². The molecule has 0 radical (unpaired) electrons. The van der Waals surface area contributed by atoms with Gasteiger partial charge in [0.2, 0.25) is 0 Å². The van der Waals surface area contributed by atoms with E-state index < -0.39 is 0 Å². The van der Waals surface area contributed by atoms with Crippen molar-refractivity contribution < 1.29 is 9.53 Å². The third kappa shape index (κ3) is 3.65. The largest absolute Gasteiger partial charge is 0.383 e. The van der Waals surface area contributed by atoms with Gasteiger partial charge in [-0.3, -0.25) is 9.89 Å². The number of nitrogens with one attached hydrogen (secondary N) is 1. The Morgan fingerprint density at radius 1 is 1.22 bits per heavy atom. The van der Waals surface area contributed by atoms with Gasteiger partial charge in [0.1, 0.15) is 5.82 Å². The minimum absolute atomic E-state index is 0.140. The number of likely N-dealkylation sites (tertiary alicyclic amines) is 1. The number of rotatable bonds is 6. The molecule has 0 unspecified atom stereocenters. The van der Waals surface area contributed by atoms with E-state index in [4.69, 9.17) is 9.72 Å². The first-order valence-electron chi connectivity index (χ1n) is 9.95. The lowest BCUT2D eigenvalue weighted by Gasteiger charge is -2.31. The van der Waals surface area contributed by atoms with Crippen LogP contribution in [0.25, 0.3) is 0 Å². The van der Waals surface area contributed by atoms with Crippen molar-refractivity contribution >= 4 is 5.91 Å². The molecule has 146 valence electrons. The van der Waals surface area contributed by atoms with Crippen LogP contribution in [0.4, 0.5) is 0 Å². The average molecular weight is 371 g/mol. The van der Waals surface area contributed by atoms with E-state index in [1.165, 1.54) is 12.8 Å². The van der Waals surface area contributed by atoms with E-state index in [0.29, 0.717) is 18.4 Å². The summed E-state index contributed by atoms with van der Waals surface area (Å²) < 4.78 is 7.35. The number of amides is 1. The first-order valence-corrected chi connectivity index (χ1v) is 9.95. The predicted molar refractivity (Wildman–Crippen MR) is 102 cm³/mol. The number of nitrogens with zero attached hydrogens (tertiary/aromatic N) is 4. The molecule has 7 heteroatoms. The molecule has 0 aromatic carbocycles. The van der Waals surface area contributed by atoms with Crippen molar-refractivity contribution in [1.29, 1.82) is 0 Å². The van der Waals surface area contributed by atoms with Crippen molar-refractivity contribution in [1.82, 2.24) is 24.6 Å². The second-order valence-electron chi connectivity index (χ2n) is 7.85. The molecule has 2 aromatic heterocycles. The average Bonchev–Trinajstić information content (AvgIpc) is 3.35. The summed E-state index contributed by atoms with van der Waals surface area (Å²) in [5.41, 5.74) is 2.95. The van der Waals surface area contributed by atoms with Gasteiger partial charge in [-0.05, 0) is 45.6 Å². The second kappa shape index (κ2) is 7.46. The van der Waals surface area contributed by atoms with Crippen molar-refractivity contribution in [2.45, 2.75) is 57.9 Å². The number of hydrogen-bond acceptors (Lipinski definition) is 4. The summed E-state index contributed by atoms with van der Waals surface area (Å²) in [7, 11) is 1.70. The number of carbonyl (C=O) groups excluding carboxylic acids is 1. The number of ether oxygens (including phenoxy) is 1. The molecule has 0 bridgehead atoms. The van der Waals surface area contributed by atoms with Gasteiger partial charge in [0.05, 0.1) is 12.2 Å². The fourth-order valence-electron chi connectivity index (χ4n) is 4.07. The van der Waals surface area contributed by atoms with Crippen molar-refractivity contribution in [2.75, 3.05) is 26.8 Å². The summed E-state index contributed by atoms with van der Waals surface area (Å²) in [5, 5.41) is 7.51. The summed E-state index contributed by atoms with van der Waals surface area (Å²) in [5.74, 6) is 3.07. The molecule has 0 spiro atoms. The van der Waals surface area contributed by atoms with Gasteiger partial charge in [-0.1, -0.05) is 0 Å². The standard InChI is InChI=1S/C20H29N5O2/c1-13-12-17(14(2)25(13)10-11-27-3)20(26)24-8-6-16(7-9-24)19-21-18(22-23-19)15-4-5-15/h12,15-16H,4-11H2,1-3H3,(H,21,22,23). The topological polar surface area (TPSA) is 76.0 Å². The van der Waals surface area contributed by atoms with Gasteiger partial charge in [-0.2, -0.15) is 5.10 Å².